The van der Waals surface area contributed by atoms with Crippen molar-refractivity contribution in [1.29, 1.82) is 0 Å². The van der Waals surface area contributed by atoms with Gasteiger partial charge in [-0.25, -0.2) is 0 Å². The number of hydrogen-bond donors (Lipinski definition) is 1. The van der Waals surface area contributed by atoms with Crippen molar-refractivity contribution in [3.63, 3.8) is 0 Å². The molecule has 6 heteroatoms. The van der Waals surface area contributed by atoms with Crippen LogP contribution >= 0.6 is 0 Å². The minimum atomic E-state index is -0.366. The average molecular weight is 341 g/mol. The molecular formula is C19H23N3O3. The molecule has 1 fully saturated rings. The Bertz CT molecular complexity index is 713. The van der Waals surface area contributed by atoms with E-state index in [0.29, 0.717) is 11.4 Å². The minimum absolute atomic E-state index is 0.0612. The fourth-order valence-electron chi connectivity index (χ4n) is 3.21. The van der Waals surface area contributed by atoms with Gasteiger partial charge in [-0.1, -0.05) is 30.3 Å². The van der Waals surface area contributed by atoms with Crippen molar-refractivity contribution in [3.8, 4) is 5.75 Å². The number of nitro groups is 1. The third kappa shape index (κ3) is 4.48. The molecule has 0 radical (unpaired) electrons. The van der Waals surface area contributed by atoms with Gasteiger partial charge in [-0.05, 0) is 30.5 Å². The van der Waals surface area contributed by atoms with Crippen molar-refractivity contribution in [3.05, 3.63) is 64.2 Å². The number of nitrogens with one attached hydrogen (secondary N) is 1. The van der Waals surface area contributed by atoms with Crippen LogP contribution in [0, 0.1) is 10.1 Å². The highest BCUT2D eigenvalue weighted by Crippen LogP contribution is 2.30. The summed E-state index contributed by atoms with van der Waals surface area (Å²) in [5.74, 6) is 0.495. The fraction of sp³-hybridized carbons (Fsp3) is 0.368. The molecule has 1 saturated heterocycles. The van der Waals surface area contributed by atoms with E-state index in [2.05, 4.69) is 34.5 Å². The normalized spacial score (nSPS) is 15.7. The lowest BCUT2D eigenvalue weighted by molar-refractivity contribution is -0.384. The molecule has 2 aromatic rings. The molecule has 2 aromatic carbocycles. The van der Waals surface area contributed by atoms with Gasteiger partial charge in [0.2, 0.25) is 0 Å². The Morgan fingerprint density at radius 2 is 1.92 bits per heavy atom. The number of likely N-dealkylation sites (tertiary alicyclic amines) is 1. The van der Waals surface area contributed by atoms with Crippen LogP contribution in [-0.2, 0) is 6.54 Å². The van der Waals surface area contributed by atoms with Gasteiger partial charge in [0.05, 0.1) is 18.1 Å². The van der Waals surface area contributed by atoms with Crippen molar-refractivity contribution in [2.24, 2.45) is 0 Å². The molecule has 25 heavy (non-hydrogen) atoms. The maximum absolute atomic E-state index is 11.3. The highest BCUT2D eigenvalue weighted by Gasteiger charge is 2.22. The summed E-state index contributed by atoms with van der Waals surface area (Å²) in [5.41, 5.74) is 1.94. The lowest BCUT2D eigenvalue weighted by Crippen LogP contribution is -2.38. The first-order valence-electron chi connectivity index (χ1n) is 8.51. The molecule has 1 N–H and O–H groups in total. The molecule has 1 aliphatic rings. The molecule has 3 rings (SSSR count). The summed E-state index contributed by atoms with van der Waals surface area (Å²) in [5, 5.41) is 14.6. The Balaban J connectivity index is 1.58. The van der Waals surface area contributed by atoms with Crippen molar-refractivity contribution in [2.75, 3.05) is 25.5 Å². The number of piperidine rings is 1. The second kappa shape index (κ2) is 7.98. The summed E-state index contributed by atoms with van der Waals surface area (Å²) in [7, 11) is 1.51. The number of nitro benzene ring substituents is 1. The summed E-state index contributed by atoms with van der Waals surface area (Å²) in [6, 6.07) is 15.6. The summed E-state index contributed by atoms with van der Waals surface area (Å²) in [4.78, 5) is 13.3. The minimum Gasteiger partial charge on any atom is -0.496 e. The fourth-order valence-corrected chi connectivity index (χ4v) is 3.21. The lowest BCUT2D eigenvalue weighted by atomic mass is 10.0. The Hall–Kier alpha value is -2.60. The Labute approximate surface area is 147 Å². The zero-order valence-corrected chi connectivity index (χ0v) is 14.4. The van der Waals surface area contributed by atoms with Crippen molar-refractivity contribution >= 4 is 11.4 Å². The van der Waals surface area contributed by atoms with Crippen molar-refractivity contribution < 1.29 is 9.66 Å². The summed E-state index contributed by atoms with van der Waals surface area (Å²) < 4.78 is 5.08. The van der Waals surface area contributed by atoms with Gasteiger partial charge in [-0.15, -0.1) is 0 Å². The number of benzene rings is 2. The van der Waals surface area contributed by atoms with E-state index in [-0.39, 0.29) is 16.7 Å². The summed E-state index contributed by atoms with van der Waals surface area (Å²) >= 11 is 0. The van der Waals surface area contributed by atoms with E-state index >= 15 is 0 Å². The maximum Gasteiger partial charge on any atom is 0.296 e. The van der Waals surface area contributed by atoms with Crippen LogP contribution in [0.4, 0.5) is 11.4 Å². The van der Waals surface area contributed by atoms with Gasteiger partial charge in [0.1, 0.15) is 11.4 Å². The Morgan fingerprint density at radius 1 is 1.20 bits per heavy atom. The SMILES string of the molecule is COc1ccc(NC2CCN(Cc3ccccc3)CC2)c([N+](=O)[O-])c1. The molecule has 0 spiro atoms. The summed E-state index contributed by atoms with van der Waals surface area (Å²) in [6.45, 7) is 2.92. The van der Waals surface area contributed by atoms with Crippen LogP contribution in [0.2, 0.25) is 0 Å². The quantitative estimate of drug-likeness (QED) is 0.641. The molecule has 0 saturated carbocycles. The van der Waals surface area contributed by atoms with Gasteiger partial charge in [0.15, 0.2) is 0 Å². The van der Waals surface area contributed by atoms with Gasteiger partial charge >= 0.3 is 0 Å². The van der Waals surface area contributed by atoms with Crippen LogP contribution in [0.1, 0.15) is 18.4 Å². The molecule has 1 aliphatic heterocycles. The molecular weight excluding hydrogens is 318 g/mol. The number of hydrogen-bond acceptors (Lipinski definition) is 5. The van der Waals surface area contributed by atoms with Crippen LogP contribution in [0.15, 0.2) is 48.5 Å². The van der Waals surface area contributed by atoms with Gasteiger partial charge < -0.3 is 10.1 Å². The van der Waals surface area contributed by atoms with E-state index in [1.165, 1.54) is 18.7 Å². The third-order valence-electron chi connectivity index (χ3n) is 4.60. The predicted octanol–water partition coefficient (Wildman–Crippen LogP) is 3.68. The standard InChI is InChI=1S/C19H23N3O3/c1-25-17-7-8-18(19(13-17)22(23)24)20-16-9-11-21(12-10-16)14-15-5-3-2-4-6-15/h2-8,13,16,20H,9-12,14H2,1H3. The maximum atomic E-state index is 11.3. The Kier molecular flexibility index (Phi) is 5.50. The first-order valence-corrected chi connectivity index (χ1v) is 8.51. The van der Waals surface area contributed by atoms with E-state index in [1.54, 1.807) is 12.1 Å². The topological polar surface area (TPSA) is 67.6 Å². The first-order chi connectivity index (χ1) is 12.2. The third-order valence-corrected chi connectivity index (χ3v) is 4.60. The number of rotatable bonds is 6. The van der Waals surface area contributed by atoms with E-state index in [9.17, 15) is 10.1 Å². The first kappa shape index (κ1) is 17.2. The van der Waals surface area contributed by atoms with Crippen LogP contribution < -0.4 is 10.1 Å². The van der Waals surface area contributed by atoms with Gasteiger partial charge in [0.25, 0.3) is 5.69 Å². The molecule has 132 valence electrons. The Morgan fingerprint density at radius 3 is 2.56 bits per heavy atom. The largest absolute Gasteiger partial charge is 0.496 e. The van der Waals surface area contributed by atoms with Crippen LogP contribution in [-0.4, -0.2) is 36.1 Å². The highest BCUT2D eigenvalue weighted by atomic mass is 16.6. The van der Waals surface area contributed by atoms with E-state index in [1.807, 2.05) is 6.07 Å². The van der Waals surface area contributed by atoms with E-state index < -0.39 is 0 Å². The molecule has 0 amide bonds. The van der Waals surface area contributed by atoms with E-state index in [4.69, 9.17) is 4.74 Å². The second-order valence-electron chi connectivity index (χ2n) is 6.32. The number of anilines is 1. The van der Waals surface area contributed by atoms with Gasteiger partial charge in [0, 0.05) is 25.7 Å². The molecule has 0 aromatic heterocycles. The lowest BCUT2D eigenvalue weighted by Gasteiger charge is -2.32. The zero-order chi connectivity index (χ0) is 17.6. The summed E-state index contributed by atoms with van der Waals surface area (Å²) in [6.07, 6.45) is 1.94. The molecule has 0 aliphatic carbocycles. The van der Waals surface area contributed by atoms with Crippen molar-refractivity contribution in [2.45, 2.75) is 25.4 Å². The monoisotopic (exact) mass is 341 g/mol. The van der Waals surface area contributed by atoms with E-state index in [0.717, 1.165) is 32.5 Å². The van der Waals surface area contributed by atoms with Crippen LogP contribution in [0.5, 0.6) is 5.75 Å². The van der Waals surface area contributed by atoms with Crippen molar-refractivity contribution in [1.82, 2.24) is 4.90 Å². The molecule has 6 nitrogen and oxygen atoms in total. The second-order valence-corrected chi connectivity index (χ2v) is 6.32. The number of methoxy groups -OCH3 is 1. The van der Waals surface area contributed by atoms with Crippen LogP contribution in [0.25, 0.3) is 0 Å². The smallest absolute Gasteiger partial charge is 0.296 e. The average Bonchev–Trinajstić information content (AvgIpc) is 2.64. The van der Waals surface area contributed by atoms with Crippen LogP contribution in [0.3, 0.4) is 0 Å². The molecule has 0 atom stereocenters. The van der Waals surface area contributed by atoms with Gasteiger partial charge in [-0.2, -0.15) is 0 Å². The number of nitrogens with zero attached hydrogens (tertiary/aromatic N) is 2. The molecule has 0 bridgehead atoms. The molecule has 1 heterocycles. The zero-order valence-electron chi connectivity index (χ0n) is 14.4. The molecule has 0 unspecified atom stereocenters. The highest BCUT2D eigenvalue weighted by molar-refractivity contribution is 5.64. The predicted molar refractivity (Wildman–Crippen MR) is 98.0 cm³/mol. The number of ether oxygens (including phenoxy) is 1. The van der Waals surface area contributed by atoms with Gasteiger partial charge in [-0.3, -0.25) is 15.0 Å².